The predicted octanol–water partition coefficient (Wildman–Crippen LogP) is 4.78. The Labute approximate surface area is 201 Å². The maximum atomic E-state index is 12.4. The first-order chi connectivity index (χ1) is 16.5. The number of likely N-dealkylation sites (tertiary alicyclic amines) is 1. The molecule has 34 heavy (non-hydrogen) atoms. The van der Waals surface area contributed by atoms with E-state index in [2.05, 4.69) is 27.0 Å². The van der Waals surface area contributed by atoms with Gasteiger partial charge in [0, 0.05) is 38.1 Å². The van der Waals surface area contributed by atoms with Crippen LogP contribution in [0.1, 0.15) is 61.0 Å². The zero-order valence-electron chi connectivity index (χ0n) is 19.9. The Bertz CT molecular complexity index is 982. The van der Waals surface area contributed by atoms with Crippen LogP contribution in [0.15, 0.2) is 36.7 Å². The van der Waals surface area contributed by atoms with Gasteiger partial charge < -0.3 is 19.6 Å². The highest BCUT2D eigenvalue weighted by atomic mass is 16.6. The van der Waals surface area contributed by atoms with Gasteiger partial charge in [-0.3, -0.25) is 4.98 Å². The highest BCUT2D eigenvalue weighted by molar-refractivity contribution is 5.87. The predicted molar refractivity (Wildman–Crippen MR) is 129 cm³/mol. The SMILES string of the molecule is Cc1cccc(N2CCC(CCCC3CCN(C(=O)Oc4cncc(C(=O)O)c4)CC3)CC2)n1. The van der Waals surface area contributed by atoms with Crippen molar-refractivity contribution < 1.29 is 19.4 Å². The molecule has 2 aromatic heterocycles. The summed E-state index contributed by atoms with van der Waals surface area (Å²) < 4.78 is 5.34. The van der Waals surface area contributed by atoms with Crippen LogP contribution in [-0.2, 0) is 0 Å². The van der Waals surface area contributed by atoms with Crippen LogP contribution in [0.3, 0.4) is 0 Å². The first-order valence-electron chi connectivity index (χ1n) is 12.3. The van der Waals surface area contributed by atoms with Crippen molar-refractivity contribution in [2.75, 3.05) is 31.1 Å². The highest BCUT2D eigenvalue weighted by Gasteiger charge is 2.25. The van der Waals surface area contributed by atoms with E-state index in [4.69, 9.17) is 9.84 Å². The number of piperidine rings is 2. The van der Waals surface area contributed by atoms with Crippen molar-refractivity contribution in [2.24, 2.45) is 11.8 Å². The number of aryl methyl sites for hydroxylation is 1. The molecule has 0 radical (unpaired) electrons. The summed E-state index contributed by atoms with van der Waals surface area (Å²) in [5.74, 6) is 1.62. The zero-order chi connectivity index (χ0) is 23.9. The van der Waals surface area contributed by atoms with Crippen LogP contribution in [0.4, 0.5) is 10.6 Å². The van der Waals surface area contributed by atoms with Gasteiger partial charge in [0.05, 0.1) is 11.8 Å². The van der Waals surface area contributed by atoms with Gasteiger partial charge in [0.2, 0.25) is 0 Å². The minimum Gasteiger partial charge on any atom is -0.478 e. The Morgan fingerprint density at radius 3 is 2.35 bits per heavy atom. The number of nitrogens with zero attached hydrogens (tertiary/aromatic N) is 4. The number of aromatic nitrogens is 2. The van der Waals surface area contributed by atoms with Crippen LogP contribution >= 0.6 is 0 Å². The lowest BCUT2D eigenvalue weighted by molar-refractivity contribution is 0.0695. The van der Waals surface area contributed by atoms with Crippen LogP contribution < -0.4 is 9.64 Å². The van der Waals surface area contributed by atoms with Gasteiger partial charge in [0.1, 0.15) is 5.82 Å². The lowest BCUT2D eigenvalue weighted by atomic mass is 9.87. The lowest BCUT2D eigenvalue weighted by Gasteiger charge is -2.34. The molecule has 182 valence electrons. The van der Waals surface area contributed by atoms with E-state index in [0.717, 1.165) is 43.4 Å². The van der Waals surface area contributed by atoms with E-state index in [-0.39, 0.29) is 11.3 Å². The van der Waals surface area contributed by atoms with Gasteiger partial charge in [-0.15, -0.1) is 0 Å². The first-order valence-corrected chi connectivity index (χ1v) is 12.3. The van der Waals surface area contributed by atoms with Gasteiger partial charge in [-0.1, -0.05) is 25.3 Å². The van der Waals surface area contributed by atoms with Gasteiger partial charge in [-0.2, -0.15) is 0 Å². The van der Waals surface area contributed by atoms with E-state index in [1.165, 1.54) is 50.6 Å². The van der Waals surface area contributed by atoms with Crippen molar-refractivity contribution in [1.29, 1.82) is 0 Å². The number of carbonyl (C=O) groups is 2. The van der Waals surface area contributed by atoms with Crippen LogP contribution in [0, 0.1) is 18.8 Å². The number of rotatable bonds is 7. The average Bonchev–Trinajstić information content (AvgIpc) is 2.85. The Hall–Kier alpha value is -3.16. The summed E-state index contributed by atoms with van der Waals surface area (Å²) in [7, 11) is 0. The first kappa shape index (κ1) is 24.0. The van der Waals surface area contributed by atoms with Gasteiger partial charge in [0.25, 0.3) is 0 Å². The number of aromatic carboxylic acids is 1. The molecule has 2 aliphatic heterocycles. The topological polar surface area (TPSA) is 95.9 Å². The normalized spacial score (nSPS) is 17.6. The highest BCUT2D eigenvalue weighted by Crippen LogP contribution is 2.29. The average molecular weight is 467 g/mol. The molecule has 1 amide bonds. The molecule has 0 saturated carbocycles. The van der Waals surface area contributed by atoms with E-state index in [1.54, 1.807) is 4.90 Å². The Kier molecular flexibility index (Phi) is 7.98. The number of carboxylic acid groups (broad SMARTS) is 1. The molecule has 4 heterocycles. The summed E-state index contributed by atoms with van der Waals surface area (Å²) in [4.78, 5) is 36.1. The van der Waals surface area contributed by atoms with Crippen molar-refractivity contribution >= 4 is 17.9 Å². The number of anilines is 1. The smallest absolute Gasteiger partial charge is 0.415 e. The van der Waals surface area contributed by atoms with Crippen molar-refractivity contribution in [1.82, 2.24) is 14.9 Å². The van der Waals surface area contributed by atoms with E-state index >= 15 is 0 Å². The van der Waals surface area contributed by atoms with Crippen molar-refractivity contribution in [3.05, 3.63) is 47.9 Å². The second kappa shape index (κ2) is 11.3. The number of carboxylic acids is 1. The van der Waals surface area contributed by atoms with Gasteiger partial charge in [-0.05, 0) is 62.6 Å². The fourth-order valence-corrected chi connectivity index (χ4v) is 5.01. The van der Waals surface area contributed by atoms with E-state index in [9.17, 15) is 9.59 Å². The molecular formula is C26H34N4O4. The van der Waals surface area contributed by atoms with Crippen molar-refractivity contribution in [3.63, 3.8) is 0 Å². The van der Waals surface area contributed by atoms with Gasteiger partial charge >= 0.3 is 12.1 Å². The summed E-state index contributed by atoms with van der Waals surface area (Å²) >= 11 is 0. The number of hydrogen-bond acceptors (Lipinski definition) is 6. The van der Waals surface area contributed by atoms with Crippen LogP contribution in [-0.4, -0.2) is 58.2 Å². The molecule has 0 atom stereocenters. The molecule has 0 unspecified atom stereocenters. The molecule has 8 heteroatoms. The monoisotopic (exact) mass is 466 g/mol. The summed E-state index contributed by atoms with van der Waals surface area (Å²) in [5.41, 5.74) is 1.07. The molecule has 2 aliphatic rings. The van der Waals surface area contributed by atoms with Crippen molar-refractivity contribution in [3.8, 4) is 5.75 Å². The molecule has 2 fully saturated rings. The molecule has 8 nitrogen and oxygen atoms in total. The third kappa shape index (κ3) is 6.46. The molecule has 0 aliphatic carbocycles. The number of carbonyl (C=O) groups excluding carboxylic acids is 1. The Morgan fingerprint density at radius 2 is 1.71 bits per heavy atom. The van der Waals surface area contributed by atoms with E-state index in [0.29, 0.717) is 19.0 Å². The molecular weight excluding hydrogens is 432 g/mol. The van der Waals surface area contributed by atoms with Crippen LogP contribution in [0.25, 0.3) is 0 Å². The molecule has 2 aromatic rings. The molecule has 0 bridgehead atoms. The third-order valence-electron chi connectivity index (χ3n) is 7.07. The Balaban J connectivity index is 1.12. The maximum absolute atomic E-state index is 12.4. The van der Waals surface area contributed by atoms with E-state index in [1.807, 2.05) is 13.0 Å². The second-order valence-electron chi connectivity index (χ2n) is 9.51. The quantitative estimate of drug-likeness (QED) is 0.627. The lowest BCUT2D eigenvalue weighted by Crippen LogP contribution is -2.40. The van der Waals surface area contributed by atoms with Crippen LogP contribution in [0.2, 0.25) is 0 Å². The number of ether oxygens (including phenoxy) is 1. The third-order valence-corrected chi connectivity index (χ3v) is 7.07. The standard InChI is InChI=1S/C26H34N4O4/c1-19-4-2-7-24(28-19)29-12-8-20(9-13-29)5-3-6-21-10-14-30(15-11-21)26(33)34-23-16-22(25(31)32)17-27-18-23/h2,4,7,16-18,20-21H,3,5-6,8-15H2,1H3,(H,31,32). The largest absolute Gasteiger partial charge is 0.478 e. The van der Waals surface area contributed by atoms with Gasteiger partial charge in [0.15, 0.2) is 5.75 Å². The maximum Gasteiger partial charge on any atom is 0.415 e. The summed E-state index contributed by atoms with van der Waals surface area (Å²) in [6.45, 7) is 5.58. The fraction of sp³-hybridized carbons (Fsp3) is 0.538. The zero-order valence-corrected chi connectivity index (χ0v) is 19.9. The van der Waals surface area contributed by atoms with E-state index < -0.39 is 12.1 Å². The van der Waals surface area contributed by atoms with Crippen LogP contribution in [0.5, 0.6) is 5.75 Å². The molecule has 2 saturated heterocycles. The molecule has 1 N–H and O–H groups in total. The van der Waals surface area contributed by atoms with Crippen molar-refractivity contribution in [2.45, 2.75) is 51.9 Å². The number of hydrogen-bond donors (Lipinski definition) is 1. The second-order valence-corrected chi connectivity index (χ2v) is 9.51. The molecule has 0 aromatic carbocycles. The Morgan fingerprint density at radius 1 is 1.03 bits per heavy atom. The summed E-state index contributed by atoms with van der Waals surface area (Å²) in [6, 6.07) is 7.56. The summed E-state index contributed by atoms with van der Waals surface area (Å²) in [6.07, 6.45) is 10.3. The van der Waals surface area contributed by atoms with Gasteiger partial charge in [-0.25, -0.2) is 14.6 Å². The minimum atomic E-state index is -1.10. The molecule has 0 spiro atoms. The minimum absolute atomic E-state index is 0.00140. The fourth-order valence-electron chi connectivity index (χ4n) is 5.01. The number of pyridine rings is 2. The summed E-state index contributed by atoms with van der Waals surface area (Å²) in [5, 5.41) is 9.05. The molecule has 4 rings (SSSR count). The number of amides is 1.